The molecule has 0 atom stereocenters. The molecule has 7 nitrogen and oxygen atoms in total. The van der Waals surface area contributed by atoms with Crippen LogP contribution in [0.3, 0.4) is 0 Å². The van der Waals surface area contributed by atoms with Crippen LogP contribution in [0, 0.1) is 12.3 Å². The summed E-state index contributed by atoms with van der Waals surface area (Å²) in [6, 6.07) is 18.1. The van der Waals surface area contributed by atoms with Crippen molar-refractivity contribution in [3.63, 3.8) is 0 Å². The summed E-state index contributed by atoms with van der Waals surface area (Å²) in [4.78, 5) is 16.9. The van der Waals surface area contributed by atoms with Crippen molar-refractivity contribution in [2.75, 3.05) is 13.2 Å². The number of aryl methyl sites for hydroxylation is 1. The predicted molar refractivity (Wildman–Crippen MR) is 154 cm³/mol. The lowest BCUT2D eigenvalue weighted by Crippen LogP contribution is -2.35. The minimum atomic E-state index is -0.565. The number of rotatable bonds is 7. The van der Waals surface area contributed by atoms with Crippen LogP contribution in [0.1, 0.15) is 16.7 Å². The molecule has 3 aromatic carbocycles. The number of aliphatic imine (C=N–C) groups is 1. The summed E-state index contributed by atoms with van der Waals surface area (Å²) in [6.07, 6.45) is 1.50. The average molecular weight is 586 g/mol. The summed E-state index contributed by atoms with van der Waals surface area (Å²) >= 11 is 20.3. The lowest BCUT2D eigenvalue weighted by Gasteiger charge is -2.20. The molecule has 0 unspecified atom stereocenters. The molecule has 0 saturated carbocycles. The molecular weight excluding hydrogens is 567 g/mol. The normalized spacial score (nSPS) is 15.9. The third kappa shape index (κ3) is 5.59. The van der Waals surface area contributed by atoms with Gasteiger partial charge >= 0.3 is 0 Å². The van der Waals surface area contributed by atoms with Crippen molar-refractivity contribution in [1.29, 1.82) is 5.41 Å². The standard InChI is InChI=1S/C27H19Cl3N4O3S/c1-15-6-8-17(9-7-15)36-10-11-37-23-21(29)13-16(14-22(23)30)12-19-24(31)34-27(32-25(19)35)38-26(33-34)18-4-2-3-5-20(18)28/h2-9,12-14,31H,10-11H2,1H3. The van der Waals surface area contributed by atoms with Gasteiger partial charge in [-0.3, -0.25) is 10.2 Å². The molecule has 0 radical (unpaired) electrons. The molecule has 0 aromatic heterocycles. The SMILES string of the molecule is Cc1ccc(OCCOc2c(Cl)cc(C=C3C(=N)N4N=C(c5ccccc5Cl)SC4=NC3=O)cc2Cl)cc1. The van der Waals surface area contributed by atoms with Crippen LogP contribution in [0.4, 0.5) is 0 Å². The summed E-state index contributed by atoms with van der Waals surface area (Å²) < 4.78 is 11.4. The lowest BCUT2D eigenvalue weighted by atomic mass is 10.1. The van der Waals surface area contributed by atoms with E-state index in [2.05, 4.69) is 10.1 Å². The largest absolute Gasteiger partial charge is 0.490 e. The Morgan fingerprint density at radius 3 is 2.37 bits per heavy atom. The Labute approximate surface area is 238 Å². The molecule has 0 aliphatic carbocycles. The molecule has 1 amide bonds. The molecule has 0 bridgehead atoms. The van der Waals surface area contributed by atoms with Crippen LogP contribution >= 0.6 is 46.6 Å². The molecule has 2 heterocycles. The maximum Gasteiger partial charge on any atom is 0.283 e. The van der Waals surface area contributed by atoms with Crippen molar-refractivity contribution in [1.82, 2.24) is 5.01 Å². The van der Waals surface area contributed by atoms with Crippen LogP contribution in [0.2, 0.25) is 15.1 Å². The first-order chi connectivity index (χ1) is 18.3. The minimum absolute atomic E-state index is 0.0470. The molecule has 0 saturated heterocycles. The van der Waals surface area contributed by atoms with Crippen molar-refractivity contribution >= 4 is 74.6 Å². The van der Waals surface area contributed by atoms with Crippen molar-refractivity contribution in [3.05, 3.63) is 98.0 Å². The van der Waals surface area contributed by atoms with Gasteiger partial charge in [-0.2, -0.15) is 15.1 Å². The zero-order valence-corrected chi connectivity index (χ0v) is 23.0. The maximum absolute atomic E-state index is 12.8. The Hall–Kier alpha value is -3.30. The van der Waals surface area contributed by atoms with E-state index in [9.17, 15) is 4.79 Å². The van der Waals surface area contributed by atoms with E-state index in [-0.39, 0.29) is 28.1 Å². The highest BCUT2D eigenvalue weighted by Gasteiger charge is 2.36. The number of benzene rings is 3. The summed E-state index contributed by atoms with van der Waals surface area (Å²) in [7, 11) is 0. The lowest BCUT2D eigenvalue weighted by molar-refractivity contribution is -0.114. The number of hydrogen-bond donors (Lipinski definition) is 1. The van der Waals surface area contributed by atoms with Gasteiger partial charge in [-0.1, -0.05) is 70.7 Å². The number of hydrogen-bond acceptors (Lipinski definition) is 6. The topological polar surface area (TPSA) is 87.3 Å². The second-order valence-corrected chi connectivity index (χ2v) is 10.4. The summed E-state index contributed by atoms with van der Waals surface area (Å²) in [5.74, 6) is 0.363. The smallest absolute Gasteiger partial charge is 0.283 e. The van der Waals surface area contributed by atoms with Crippen molar-refractivity contribution in [3.8, 4) is 11.5 Å². The molecule has 2 aliphatic rings. The van der Waals surface area contributed by atoms with E-state index in [0.29, 0.717) is 38.7 Å². The van der Waals surface area contributed by atoms with Crippen LogP contribution < -0.4 is 9.47 Å². The van der Waals surface area contributed by atoms with Gasteiger partial charge in [0.2, 0.25) is 5.17 Å². The Morgan fingerprint density at radius 1 is 0.974 bits per heavy atom. The molecule has 2 aliphatic heterocycles. The second-order valence-electron chi connectivity index (χ2n) is 8.23. The number of carbonyl (C=O) groups excluding carboxylic acids is 1. The van der Waals surface area contributed by atoms with Gasteiger partial charge in [-0.15, -0.1) is 0 Å². The first-order valence-corrected chi connectivity index (χ1v) is 13.3. The van der Waals surface area contributed by atoms with Crippen LogP contribution in [0.25, 0.3) is 6.08 Å². The molecule has 38 heavy (non-hydrogen) atoms. The van der Waals surface area contributed by atoms with E-state index in [1.165, 1.54) is 22.8 Å². The van der Waals surface area contributed by atoms with Gasteiger partial charge in [-0.05, 0) is 60.7 Å². The van der Waals surface area contributed by atoms with E-state index in [0.717, 1.165) is 11.3 Å². The fourth-order valence-corrected chi connectivity index (χ4v) is 5.47. The number of halogens is 3. The van der Waals surface area contributed by atoms with Crippen molar-refractivity contribution < 1.29 is 14.3 Å². The van der Waals surface area contributed by atoms with Crippen LogP contribution in [0.5, 0.6) is 11.5 Å². The number of carbonyl (C=O) groups is 1. The molecule has 0 spiro atoms. The number of nitrogens with one attached hydrogen (secondary N) is 1. The van der Waals surface area contributed by atoms with Gasteiger partial charge in [0.25, 0.3) is 5.91 Å². The summed E-state index contributed by atoms with van der Waals surface area (Å²) in [6.45, 7) is 2.54. The minimum Gasteiger partial charge on any atom is -0.490 e. The van der Waals surface area contributed by atoms with Gasteiger partial charge in [0, 0.05) is 5.56 Å². The first-order valence-electron chi connectivity index (χ1n) is 11.4. The second kappa shape index (κ2) is 11.2. The number of thioether (sulfide) groups is 1. The fraction of sp³-hybridized carbons (Fsp3) is 0.111. The molecule has 1 N–H and O–H groups in total. The number of amides is 1. The molecular formula is C27H19Cl3N4O3S. The van der Waals surface area contributed by atoms with E-state index in [1.54, 1.807) is 18.2 Å². The van der Waals surface area contributed by atoms with E-state index in [1.807, 2.05) is 49.4 Å². The van der Waals surface area contributed by atoms with Crippen LogP contribution in [-0.2, 0) is 4.79 Å². The molecule has 192 valence electrons. The number of amidine groups is 2. The van der Waals surface area contributed by atoms with Crippen molar-refractivity contribution in [2.45, 2.75) is 6.92 Å². The zero-order chi connectivity index (χ0) is 26.8. The summed E-state index contributed by atoms with van der Waals surface area (Å²) in [5.41, 5.74) is 2.40. The summed E-state index contributed by atoms with van der Waals surface area (Å²) in [5, 5.41) is 16.2. The zero-order valence-electron chi connectivity index (χ0n) is 19.9. The Bertz CT molecular complexity index is 1510. The third-order valence-electron chi connectivity index (χ3n) is 5.51. The Balaban J connectivity index is 1.30. The highest BCUT2D eigenvalue weighted by atomic mass is 35.5. The Kier molecular flexibility index (Phi) is 7.76. The number of nitrogens with zero attached hydrogens (tertiary/aromatic N) is 3. The third-order valence-corrected chi connectivity index (χ3v) is 7.34. The number of fused-ring (bicyclic) bond motifs is 1. The van der Waals surface area contributed by atoms with Gasteiger partial charge in [0.1, 0.15) is 24.0 Å². The van der Waals surface area contributed by atoms with E-state index < -0.39 is 5.91 Å². The number of hydrazone groups is 1. The molecule has 11 heteroatoms. The van der Waals surface area contributed by atoms with Gasteiger partial charge in [0.15, 0.2) is 11.6 Å². The van der Waals surface area contributed by atoms with Gasteiger partial charge in [-0.25, -0.2) is 0 Å². The highest BCUT2D eigenvalue weighted by molar-refractivity contribution is 8.27. The van der Waals surface area contributed by atoms with Crippen LogP contribution in [0.15, 0.2) is 76.3 Å². The highest BCUT2D eigenvalue weighted by Crippen LogP contribution is 2.36. The van der Waals surface area contributed by atoms with Gasteiger partial charge < -0.3 is 9.47 Å². The molecule has 0 fully saturated rings. The first kappa shape index (κ1) is 26.3. The maximum atomic E-state index is 12.8. The van der Waals surface area contributed by atoms with E-state index in [4.69, 9.17) is 49.7 Å². The molecule has 5 rings (SSSR count). The Morgan fingerprint density at radius 2 is 1.66 bits per heavy atom. The quantitative estimate of drug-likeness (QED) is 0.236. The predicted octanol–water partition coefficient (Wildman–Crippen LogP) is 7.08. The van der Waals surface area contributed by atoms with Gasteiger partial charge in [0.05, 0.1) is 20.6 Å². The van der Waals surface area contributed by atoms with E-state index >= 15 is 0 Å². The number of ether oxygens (including phenoxy) is 2. The molecule has 3 aromatic rings. The van der Waals surface area contributed by atoms with Crippen LogP contribution in [-0.4, -0.2) is 40.2 Å². The van der Waals surface area contributed by atoms with Crippen molar-refractivity contribution in [2.24, 2.45) is 10.1 Å². The monoisotopic (exact) mass is 584 g/mol. The fourth-order valence-electron chi connectivity index (χ4n) is 3.64. The average Bonchev–Trinajstić information content (AvgIpc) is 3.31.